The predicted molar refractivity (Wildman–Crippen MR) is 73.6 cm³/mol. The molecule has 2 atom stereocenters. The Morgan fingerprint density at radius 2 is 1.94 bits per heavy atom. The molecule has 1 aliphatic carbocycles. The first-order chi connectivity index (χ1) is 8.60. The number of carbonyl (C=O) groups excluding carboxylic acids is 1. The first kappa shape index (κ1) is 13.1. The number of rotatable bonds is 3. The average molecular weight is 246 g/mol. The zero-order valence-electron chi connectivity index (χ0n) is 11.2. The normalized spacial score (nSPS) is 23.1. The summed E-state index contributed by atoms with van der Waals surface area (Å²) in [5.41, 5.74) is 8.75. The zero-order chi connectivity index (χ0) is 13.1. The van der Waals surface area contributed by atoms with Crippen LogP contribution in [0.4, 0.5) is 0 Å². The fraction of sp³-hybridized carbons (Fsp3) is 0.533. The molecule has 2 rings (SSSR count). The number of amides is 1. The molecule has 18 heavy (non-hydrogen) atoms. The molecule has 0 bridgehead atoms. The fourth-order valence-electron chi connectivity index (χ4n) is 2.87. The third-order valence-electron chi connectivity index (χ3n) is 3.76. The van der Waals surface area contributed by atoms with E-state index in [0.29, 0.717) is 12.5 Å². The summed E-state index contributed by atoms with van der Waals surface area (Å²) in [5, 5.41) is 3.13. The number of nitrogens with two attached hydrogens (primary N) is 1. The van der Waals surface area contributed by atoms with E-state index in [0.717, 1.165) is 29.5 Å². The molecule has 0 heterocycles. The lowest BCUT2D eigenvalue weighted by atomic mass is 10.0. The van der Waals surface area contributed by atoms with Crippen molar-refractivity contribution >= 4 is 5.91 Å². The van der Waals surface area contributed by atoms with Crippen LogP contribution < -0.4 is 11.1 Å². The van der Waals surface area contributed by atoms with Crippen LogP contribution in [0.2, 0.25) is 0 Å². The van der Waals surface area contributed by atoms with Crippen LogP contribution in [0.25, 0.3) is 0 Å². The van der Waals surface area contributed by atoms with Gasteiger partial charge in [0.05, 0.1) is 0 Å². The van der Waals surface area contributed by atoms with E-state index in [1.165, 1.54) is 6.42 Å². The van der Waals surface area contributed by atoms with Crippen LogP contribution in [0.3, 0.4) is 0 Å². The minimum Gasteiger partial charge on any atom is -0.349 e. The topological polar surface area (TPSA) is 55.1 Å². The Kier molecular flexibility index (Phi) is 4.02. The first-order valence-electron chi connectivity index (χ1n) is 6.69. The van der Waals surface area contributed by atoms with Crippen molar-refractivity contribution in [3.63, 3.8) is 0 Å². The standard InChI is InChI=1S/C15H22N2O/c1-10-6-11(2)8-13(7-10)15(18)17-14-5-3-4-12(14)9-16/h6-8,12,14H,3-5,9,16H2,1-2H3,(H,17,18). The van der Waals surface area contributed by atoms with Gasteiger partial charge in [0.1, 0.15) is 0 Å². The minimum atomic E-state index is 0.0344. The largest absolute Gasteiger partial charge is 0.349 e. The Labute approximate surface area is 109 Å². The molecule has 1 fully saturated rings. The van der Waals surface area contributed by atoms with Gasteiger partial charge in [-0.2, -0.15) is 0 Å². The van der Waals surface area contributed by atoms with Gasteiger partial charge in [0, 0.05) is 11.6 Å². The van der Waals surface area contributed by atoms with Gasteiger partial charge in [-0.05, 0) is 51.3 Å². The Morgan fingerprint density at radius 3 is 2.56 bits per heavy atom. The number of hydrogen-bond acceptors (Lipinski definition) is 2. The van der Waals surface area contributed by atoms with Crippen LogP contribution in [0.5, 0.6) is 0 Å². The molecule has 1 aromatic rings. The number of aryl methyl sites for hydroxylation is 2. The van der Waals surface area contributed by atoms with Crippen LogP contribution in [-0.2, 0) is 0 Å². The van der Waals surface area contributed by atoms with Crippen LogP contribution in [0.15, 0.2) is 18.2 Å². The lowest BCUT2D eigenvalue weighted by molar-refractivity contribution is 0.0928. The summed E-state index contributed by atoms with van der Waals surface area (Å²) in [6.07, 6.45) is 3.35. The van der Waals surface area contributed by atoms with Gasteiger partial charge in [0.15, 0.2) is 0 Å². The summed E-state index contributed by atoms with van der Waals surface area (Å²) in [4.78, 5) is 12.2. The maximum Gasteiger partial charge on any atom is 0.251 e. The van der Waals surface area contributed by atoms with E-state index in [9.17, 15) is 4.79 Å². The monoisotopic (exact) mass is 246 g/mol. The molecular formula is C15H22N2O. The Hall–Kier alpha value is -1.35. The zero-order valence-corrected chi connectivity index (χ0v) is 11.2. The summed E-state index contributed by atoms with van der Waals surface area (Å²) in [6.45, 7) is 4.70. The maximum atomic E-state index is 12.2. The Balaban J connectivity index is 2.07. The third kappa shape index (κ3) is 2.91. The smallest absolute Gasteiger partial charge is 0.251 e. The van der Waals surface area contributed by atoms with E-state index in [4.69, 9.17) is 5.73 Å². The van der Waals surface area contributed by atoms with Crippen LogP contribution in [-0.4, -0.2) is 18.5 Å². The minimum absolute atomic E-state index is 0.0344. The van der Waals surface area contributed by atoms with Crippen molar-refractivity contribution in [1.82, 2.24) is 5.32 Å². The van der Waals surface area contributed by atoms with Gasteiger partial charge in [-0.25, -0.2) is 0 Å². The molecule has 3 heteroatoms. The highest BCUT2D eigenvalue weighted by atomic mass is 16.1. The second-order valence-electron chi connectivity index (χ2n) is 5.38. The van der Waals surface area contributed by atoms with Gasteiger partial charge >= 0.3 is 0 Å². The molecule has 1 amide bonds. The highest BCUT2D eigenvalue weighted by Gasteiger charge is 2.27. The summed E-state index contributed by atoms with van der Waals surface area (Å²) in [7, 11) is 0. The molecule has 0 radical (unpaired) electrons. The molecule has 1 aromatic carbocycles. The summed E-state index contributed by atoms with van der Waals surface area (Å²) in [5.74, 6) is 0.479. The van der Waals surface area contributed by atoms with Gasteiger partial charge in [0.2, 0.25) is 0 Å². The summed E-state index contributed by atoms with van der Waals surface area (Å²) >= 11 is 0. The van der Waals surface area contributed by atoms with E-state index < -0.39 is 0 Å². The highest BCUT2D eigenvalue weighted by Crippen LogP contribution is 2.25. The molecule has 0 spiro atoms. The van der Waals surface area contributed by atoms with E-state index in [1.54, 1.807) is 0 Å². The van der Waals surface area contributed by atoms with Crippen LogP contribution in [0, 0.1) is 19.8 Å². The van der Waals surface area contributed by atoms with Gasteiger partial charge < -0.3 is 11.1 Å². The van der Waals surface area contributed by atoms with Crippen LogP contribution in [0.1, 0.15) is 40.7 Å². The van der Waals surface area contributed by atoms with Gasteiger partial charge in [-0.15, -0.1) is 0 Å². The van der Waals surface area contributed by atoms with Crippen molar-refractivity contribution in [2.75, 3.05) is 6.54 Å². The second-order valence-corrected chi connectivity index (χ2v) is 5.38. The first-order valence-corrected chi connectivity index (χ1v) is 6.69. The highest BCUT2D eigenvalue weighted by molar-refractivity contribution is 5.94. The number of hydrogen-bond donors (Lipinski definition) is 2. The van der Waals surface area contributed by atoms with Gasteiger partial charge in [-0.1, -0.05) is 23.6 Å². The summed E-state index contributed by atoms with van der Waals surface area (Å²) < 4.78 is 0. The lowest BCUT2D eigenvalue weighted by Crippen LogP contribution is -2.39. The van der Waals surface area contributed by atoms with E-state index >= 15 is 0 Å². The van der Waals surface area contributed by atoms with E-state index in [1.807, 2.05) is 26.0 Å². The van der Waals surface area contributed by atoms with Crippen molar-refractivity contribution in [2.24, 2.45) is 11.7 Å². The quantitative estimate of drug-likeness (QED) is 0.858. The third-order valence-corrected chi connectivity index (χ3v) is 3.76. The van der Waals surface area contributed by atoms with Gasteiger partial charge in [-0.3, -0.25) is 4.79 Å². The number of nitrogens with one attached hydrogen (secondary N) is 1. The summed E-state index contributed by atoms with van der Waals surface area (Å²) in [6, 6.07) is 6.21. The molecule has 2 unspecified atom stereocenters. The molecule has 1 aliphatic rings. The van der Waals surface area contributed by atoms with Crippen molar-refractivity contribution in [1.29, 1.82) is 0 Å². The molecule has 0 aliphatic heterocycles. The molecule has 0 aromatic heterocycles. The molecule has 0 saturated heterocycles. The van der Waals surface area contributed by atoms with Crippen molar-refractivity contribution in [3.05, 3.63) is 34.9 Å². The number of carbonyl (C=O) groups is 1. The van der Waals surface area contributed by atoms with Gasteiger partial charge in [0.25, 0.3) is 5.91 Å². The Morgan fingerprint density at radius 1 is 1.28 bits per heavy atom. The Bertz CT molecular complexity index is 422. The predicted octanol–water partition coefficient (Wildman–Crippen LogP) is 2.16. The van der Waals surface area contributed by atoms with Crippen molar-refractivity contribution < 1.29 is 4.79 Å². The molecule has 3 N–H and O–H groups in total. The lowest BCUT2D eigenvalue weighted by Gasteiger charge is -2.19. The molecule has 98 valence electrons. The molecule has 1 saturated carbocycles. The fourth-order valence-corrected chi connectivity index (χ4v) is 2.87. The van der Waals surface area contributed by atoms with Crippen LogP contribution >= 0.6 is 0 Å². The van der Waals surface area contributed by atoms with E-state index in [-0.39, 0.29) is 11.9 Å². The number of benzene rings is 1. The second kappa shape index (κ2) is 5.53. The maximum absolute atomic E-state index is 12.2. The SMILES string of the molecule is Cc1cc(C)cc(C(=O)NC2CCCC2CN)c1. The molecule has 3 nitrogen and oxygen atoms in total. The molecular weight excluding hydrogens is 224 g/mol. The average Bonchev–Trinajstić information content (AvgIpc) is 2.75. The van der Waals surface area contributed by atoms with Crippen molar-refractivity contribution in [2.45, 2.75) is 39.2 Å². The van der Waals surface area contributed by atoms with Crippen molar-refractivity contribution in [3.8, 4) is 0 Å². The van der Waals surface area contributed by atoms with E-state index in [2.05, 4.69) is 11.4 Å².